The second-order valence-electron chi connectivity index (χ2n) is 28.0. The van der Waals surface area contributed by atoms with Crippen molar-refractivity contribution in [2.24, 2.45) is 0 Å². The van der Waals surface area contributed by atoms with Crippen molar-refractivity contribution in [3.63, 3.8) is 0 Å². The highest BCUT2D eigenvalue weighted by Crippen LogP contribution is 2.54. The Balaban J connectivity index is 0.750. The number of hydrogen-bond donors (Lipinski definition) is 0. The third kappa shape index (κ3) is 9.23. The molecule has 0 fully saturated rings. The van der Waals surface area contributed by atoms with Gasteiger partial charge in [0.15, 0.2) is 0 Å². The molecular formula is C96H68N2. The van der Waals surface area contributed by atoms with Crippen molar-refractivity contribution in [3.8, 4) is 123 Å². The molecule has 2 aliphatic rings. The average Bonchev–Trinajstić information content (AvgIpc) is 1.55. The Hall–Kier alpha value is -12.1. The zero-order valence-corrected chi connectivity index (χ0v) is 55.2. The largest absolute Gasteiger partial charge is 0.309 e. The SMILES string of the molecule is CC1(C)c2ccccc2-c2cc3c4cc(-c5cccc(-c6cc(-c7ccccc7)cc(-c7ccccc7)c6)c5)ccc4n(-c4ccc(-n5c6ccc(-c7cccc(-c8cc(-c9ccccc9)cc(-c9ccccc9)c8)c7)cc6c6cc7c(cc65)C(C)(C)c5ccccc5-7)cc4)c3cc21. The molecule has 2 nitrogen and oxygen atoms in total. The lowest BCUT2D eigenvalue weighted by Gasteiger charge is -2.22. The predicted molar refractivity (Wildman–Crippen MR) is 414 cm³/mol. The number of benzene rings is 15. The molecule has 19 rings (SSSR count). The van der Waals surface area contributed by atoms with Crippen LogP contribution >= 0.6 is 0 Å². The summed E-state index contributed by atoms with van der Waals surface area (Å²) in [4.78, 5) is 0. The molecule has 0 unspecified atom stereocenters. The van der Waals surface area contributed by atoms with Gasteiger partial charge in [0.05, 0.1) is 22.1 Å². The molecule has 0 spiro atoms. The minimum Gasteiger partial charge on any atom is -0.309 e. The zero-order chi connectivity index (χ0) is 65.4. The molecule has 2 aromatic heterocycles. The second-order valence-corrected chi connectivity index (χ2v) is 28.0. The van der Waals surface area contributed by atoms with Gasteiger partial charge < -0.3 is 9.13 Å². The fourth-order valence-corrected chi connectivity index (χ4v) is 16.6. The molecule has 2 aliphatic carbocycles. The van der Waals surface area contributed by atoms with E-state index in [4.69, 9.17) is 0 Å². The minimum atomic E-state index is -0.175. The summed E-state index contributed by atoms with van der Waals surface area (Å²) in [5.74, 6) is 0. The summed E-state index contributed by atoms with van der Waals surface area (Å²) >= 11 is 0. The maximum Gasteiger partial charge on any atom is 0.0544 e. The number of aromatic nitrogens is 2. The zero-order valence-electron chi connectivity index (χ0n) is 55.2. The first-order chi connectivity index (χ1) is 48.1. The summed E-state index contributed by atoms with van der Waals surface area (Å²) in [5.41, 5.74) is 36.5. The summed E-state index contributed by atoms with van der Waals surface area (Å²) in [7, 11) is 0. The van der Waals surface area contributed by atoms with Gasteiger partial charge in [-0.2, -0.15) is 0 Å². The molecule has 0 aliphatic heterocycles. The smallest absolute Gasteiger partial charge is 0.0544 e. The molecule has 0 saturated heterocycles. The highest BCUT2D eigenvalue weighted by Gasteiger charge is 2.38. The quantitative estimate of drug-likeness (QED) is 0.129. The van der Waals surface area contributed by atoms with Gasteiger partial charge in [-0.05, 0) is 255 Å². The van der Waals surface area contributed by atoms with Gasteiger partial charge in [0.2, 0.25) is 0 Å². The van der Waals surface area contributed by atoms with Gasteiger partial charge in [-0.3, -0.25) is 0 Å². The molecule has 0 amide bonds. The summed E-state index contributed by atoms with van der Waals surface area (Å²) in [6, 6.07) is 127. The second kappa shape index (κ2) is 22.2. The monoisotopic (exact) mass is 1250 g/mol. The van der Waals surface area contributed by atoms with Crippen LogP contribution in [0.25, 0.3) is 166 Å². The van der Waals surface area contributed by atoms with Crippen molar-refractivity contribution < 1.29 is 0 Å². The van der Waals surface area contributed by atoms with Gasteiger partial charge in [-0.25, -0.2) is 0 Å². The molecule has 0 atom stereocenters. The molecule has 15 aromatic carbocycles. The van der Waals surface area contributed by atoms with Crippen molar-refractivity contribution in [1.82, 2.24) is 9.13 Å². The van der Waals surface area contributed by atoms with Crippen molar-refractivity contribution >= 4 is 43.6 Å². The lowest BCUT2D eigenvalue weighted by molar-refractivity contribution is 0.661. The van der Waals surface area contributed by atoms with E-state index in [-0.39, 0.29) is 10.8 Å². The molecule has 0 N–H and O–H groups in total. The third-order valence-electron chi connectivity index (χ3n) is 21.7. The van der Waals surface area contributed by atoms with Crippen LogP contribution in [0.4, 0.5) is 0 Å². The van der Waals surface area contributed by atoms with Gasteiger partial charge in [0.1, 0.15) is 0 Å². The topological polar surface area (TPSA) is 9.86 Å². The van der Waals surface area contributed by atoms with Crippen LogP contribution in [0.1, 0.15) is 49.9 Å². The van der Waals surface area contributed by atoms with Crippen molar-refractivity contribution in [1.29, 1.82) is 0 Å². The van der Waals surface area contributed by atoms with Crippen LogP contribution in [0.2, 0.25) is 0 Å². The van der Waals surface area contributed by atoms with Crippen LogP contribution in [-0.4, -0.2) is 9.13 Å². The van der Waals surface area contributed by atoms with E-state index < -0.39 is 0 Å². The van der Waals surface area contributed by atoms with E-state index in [2.05, 4.69) is 377 Å². The van der Waals surface area contributed by atoms with Crippen molar-refractivity contribution in [2.45, 2.75) is 38.5 Å². The van der Waals surface area contributed by atoms with E-state index in [9.17, 15) is 0 Å². The number of hydrogen-bond acceptors (Lipinski definition) is 0. The fourth-order valence-electron chi connectivity index (χ4n) is 16.6. The van der Waals surface area contributed by atoms with Crippen molar-refractivity contribution in [2.75, 3.05) is 0 Å². The van der Waals surface area contributed by atoms with Crippen LogP contribution in [0.5, 0.6) is 0 Å². The van der Waals surface area contributed by atoms with E-state index in [0.29, 0.717) is 0 Å². The Kier molecular flexibility index (Phi) is 13.0. The molecule has 17 aromatic rings. The van der Waals surface area contributed by atoms with E-state index in [0.717, 1.165) is 11.4 Å². The third-order valence-corrected chi connectivity index (χ3v) is 21.7. The summed E-state index contributed by atoms with van der Waals surface area (Å²) < 4.78 is 5.04. The maximum absolute atomic E-state index is 2.52. The molecule has 2 heterocycles. The lowest BCUT2D eigenvalue weighted by Crippen LogP contribution is -2.15. The van der Waals surface area contributed by atoms with Crippen LogP contribution in [0, 0.1) is 0 Å². The maximum atomic E-state index is 2.52. The van der Waals surface area contributed by atoms with E-state index >= 15 is 0 Å². The Morgan fingerprint density at radius 1 is 0.173 bits per heavy atom. The van der Waals surface area contributed by atoms with Gasteiger partial charge in [-0.1, -0.05) is 246 Å². The predicted octanol–water partition coefficient (Wildman–Crippen LogP) is 25.8. The lowest BCUT2D eigenvalue weighted by atomic mass is 9.82. The summed E-state index contributed by atoms with van der Waals surface area (Å²) in [5, 5.41) is 4.95. The molecule has 98 heavy (non-hydrogen) atoms. The standard InChI is InChI=1S/C96H68N2/c1-95(2)87-37-19-17-35-79(87)81-57-85-83-55-69(65-31-21-33-67(47-65)75-51-71(61-23-9-5-10-24-61)49-72(52-75)62-25-11-6-12-26-62)39-45-91(83)97(93(85)59-89(81)95)77-41-43-78(44-42-77)98-92-46-40-70(56-84(92)86-58-82-80-36-18-20-38-88(80)96(3,4)90(82)60-94(86)98)66-32-22-34-68(48-66)76-53-73(63-27-13-7-14-28-63)50-74(54-76)64-29-15-8-16-30-64/h5-60H,1-4H3. The van der Waals surface area contributed by atoms with Crippen LogP contribution in [0.3, 0.4) is 0 Å². The van der Waals surface area contributed by atoms with Gasteiger partial charge in [0.25, 0.3) is 0 Å². The highest BCUT2D eigenvalue weighted by molar-refractivity contribution is 6.14. The molecule has 0 saturated carbocycles. The van der Waals surface area contributed by atoms with Crippen molar-refractivity contribution in [3.05, 3.63) is 362 Å². The first kappa shape index (κ1) is 57.4. The fraction of sp³-hybridized carbons (Fsp3) is 0.0625. The molecular weight excluding hydrogens is 1180 g/mol. The van der Waals surface area contributed by atoms with Gasteiger partial charge in [-0.15, -0.1) is 0 Å². The summed E-state index contributed by atoms with van der Waals surface area (Å²) in [6.45, 7) is 9.57. The van der Waals surface area contributed by atoms with E-state index in [1.54, 1.807) is 0 Å². The molecule has 0 bridgehead atoms. The first-order valence-corrected chi connectivity index (χ1v) is 34.4. The normalized spacial score (nSPS) is 13.3. The molecule has 0 radical (unpaired) electrons. The number of fused-ring (bicyclic) bond motifs is 12. The average molecular weight is 1250 g/mol. The summed E-state index contributed by atoms with van der Waals surface area (Å²) in [6.07, 6.45) is 0. The Morgan fingerprint density at radius 3 is 0.786 bits per heavy atom. The van der Waals surface area contributed by atoms with Crippen LogP contribution in [-0.2, 0) is 10.8 Å². The van der Waals surface area contributed by atoms with Gasteiger partial charge >= 0.3 is 0 Å². The van der Waals surface area contributed by atoms with Crippen LogP contribution < -0.4 is 0 Å². The minimum absolute atomic E-state index is 0.175. The molecule has 2 heteroatoms. The van der Waals surface area contributed by atoms with E-state index in [1.165, 1.54) is 177 Å². The van der Waals surface area contributed by atoms with E-state index in [1.807, 2.05) is 0 Å². The Labute approximate surface area is 572 Å². The van der Waals surface area contributed by atoms with Crippen LogP contribution in [0.15, 0.2) is 340 Å². The first-order valence-electron chi connectivity index (χ1n) is 34.4. The molecule has 462 valence electrons. The number of rotatable bonds is 10. The number of nitrogens with zero attached hydrogens (tertiary/aromatic N) is 2. The highest BCUT2D eigenvalue weighted by atomic mass is 15.0. The van der Waals surface area contributed by atoms with Gasteiger partial charge in [0, 0.05) is 43.7 Å². The Bertz CT molecular complexity index is 5570. The Morgan fingerprint density at radius 2 is 0.439 bits per heavy atom.